The van der Waals surface area contributed by atoms with Gasteiger partial charge < -0.3 is 5.11 Å². The van der Waals surface area contributed by atoms with Crippen LogP contribution in [0.2, 0.25) is 0 Å². The minimum atomic E-state index is 0.359. The van der Waals surface area contributed by atoms with Crippen molar-refractivity contribution in [3.05, 3.63) is 0 Å². The summed E-state index contributed by atoms with van der Waals surface area (Å²) in [7, 11) is 0. The fourth-order valence-electron chi connectivity index (χ4n) is 1.80. The molecule has 1 heteroatoms. The van der Waals surface area contributed by atoms with Crippen molar-refractivity contribution in [3.63, 3.8) is 0 Å². The van der Waals surface area contributed by atoms with E-state index < -0.39 is 0 Å². The fraction of sp³-hybridized carbons (Fsp3) is 1.00. The van der Waals surface area contributed by atoms with E-state index in [1.165, 1.54) is 38.5 Å². The zero-order valence-corrected chi connectivity index (χ0v) is 9.55. The summed E-state index contributed by atoms with van der Waals surface area (Å²) in [6.45, 7) is 7.01. The molecule has 0 spiro atoms. The molecule has 0 amide bonds. The molecule has 0 aromatic carbocycles. The second-order valence-corrected chi connectivity index (χ2v) is 4.20. The molecule has 0 bridgehead atoms. The molecule has 13 heavy (non-hydrogen) atoms. The topological polar surface area (TPSA) is 20.2 Å². The van der Waals surface area contributed by atoms with Crippen molar-refractivity contribution in [2.75, 3.05) is 6.61 Å². The maximum absolute atomic E-state index is 9.10. The summed E-state index contributed by atoms with van der Waals surface area (Å²) in [6.07, 6.45) is 7.80. The second-order valence-electron chi connectivity index (χ2n) is 4.20. The number of rotatable bonds is 8. The zero-order valence-electron chi connectivity index (χ0n) is 9.55. The van der Waals surface area contributed by atoms with Crippen molar-refractivity contribution in [2.45, 2.75) is 59.3 Å². The van der Waals surface area contributed by atoms with Gasteiger partial charge in [0, 0.05) is 6.61 Å². The van der Waals surface area contributed by atoms with E-state index >= 15 is 0 Å². The van der Waals surface area contributed by atoms with Crippen LogP contribution in [0, 0.1) is 11.8 Å². The Kier molecular flexibility index (Phi) is 8.53. The lowest BCUT2D eigenvalue weighted by Crippen LogP contribution is -2.15. The average molecular weight is 186 g/mol. The molecule has 0 aliphatic heterocycles. The predicted molar refractivity (Wildman–Crippen MR) is 58.8 cm³/mol. The SMILES string of the molecule is CCCCC(CCCC)C(C)CO. The molecule has 0 saturated heterocycles. The summed E-state index contributed by atoms with van der Waals surface area (Å²) in [5, 5.41) is 9.10. The Morgan fingerprint density at radius 1 is 1.00 bits per heavy atom. The molecule has 0 aliphatic carbocycles. The third-order valence-electron chi connectivity index (χ3n) is 2.95. The molecule has 0 heterocycles. The van der Waals surface area contributed by atoms with E-state index in [4.69, 9.17) is 5.11 Å². The standard InChI is InChI=1S/C12H26O/c1-4-6-8-12(9-7-5-2)11(3)10-13/h11-13H,4-10H2,1-3H3. The van der Waals surface area contributed by atoms with Crippen molar-refractivity contribution in [1.82, 2.24) is 0 Å². The van der Waals surface area contributed by atoms with Crippen molar-refractivity contribution < 1.29 is 5.11 Å². The van der Waals surface area contributed by atoms with Crippen molar-refractivity contribution in [1.29, 1.82) is 0 Å². The third-order valence-corrected chi connectivity index (χ3v) is 2.95. The van der Waals surface area contributed by atoms with Crippen LogP contribution in [0.4, 0.5) is 0 Å². The Morgan fingerprint density at radius 3 is 1.77 bits per heavy atom. The first-order valence-electron chi connectivity index (χ1n) is 5.87. The van der Waals surface area contributed by atoms with E-state index in [0.29, 0.717) is 12.5 Å². The molecule has 1 atom stereocenters. The molecular weight excluding hydrogens is 160 g/mol. The third kappa shape index (κ3) is 6.09. The Bertz CT molecular complexity index is 93.3. The number of hydrogen-bond acceptors (Lipinski definition) is 1. The quantitative estimate of drug-likeness (QED) is 0.614. The number of aliphatic hydroxyl groups is 1. The highest BCUT2D eigenvalue weighted by Crippen LogP contribution is 2.23. The normalized spacial score (nSPS) is 13.6. The van der Waals surface area contributed by atoms with Crippen LogP contribution in [0.25, 0.3) is 0 Å². The summed E-state index contributed by atoms with van der Waals surface area (Å²) in [5.74, 6) is 1.25. The molecule has 1 nitrogen and oxygen atoms in total. The van der Waals surface area contributed by atoms with E-state index in [-0.39, 0.29) is 0 Å². The minimum absolute atomic E-state index is 0.359. The molecule has 0 rings (SSSR count). The lowest BCUT2D eigenvalue weighted by atomic mass is 9.86. The Balaban J connectivity index is 3.72. The van der Waals surface area contributed by atoms with E-state index in [1.807, 2.05) is 0 Å². The van der Waals surface area contributed by atoms with Crippen LogP contribution in [-0.4, -0.2) is 11.7 Å². The molecule has 0 fully saturated rings. The number of hydrogen-bond donors (Lipinski definition) is 1. The Morgan fingerprint density at radius 2 is 1.46 bits per heavy atom. The van der Waals surface area contributed by atoms with E-state index in [2.05, 4.69) is 20.8 Å². The van der Waals surface area contributed by atoms with Gasteiger partial charge in [0.15, 0.2) is 0 Å². The predicted octanol–water partition coefficient (Wildman–Crippen LogP) is 3.61. The summed E-state index contributed by atoms with van der Waals surface area (Å²) < 4.78 is 0. The maximum atomic E-state index is 9.10. The highest BCUT2D eigenvalue weighted by Gasteiger charge is 2.14. The van der Waals surface area contributed by atoms with Gasteiger partial charge in [-0.25, -0.2) is 0 Å². The van der Waals surface area contributed by atoms with Crippen LogP contribution in [-0.2, 0) is 0 Å². The van der Waals surface area contributed by atoms with Gasteiger partial charge in [0.25, 0.3) is 0 Å². The first-order valence-corrected chi connectivity index (χ1v) is 5.87. The molecule has 0 radical (unpaired) electrons. The van der Waals surface area contributed by atoms with E-state index in [9.17, 15) is 0 Å². The molecule has 0 aromatic heterocycles. The first-order chi connectivity index (χ1) is 6.26. The van der Waals surface area contributed by atoms with Crippen LogP contribution in [0.3, 0.4) is 0 Å². The molecule has 0 aliphatic rings. The van der Waals surface area contributed by atoms with Crippen molar-refractivity contribution in [2.24, 2.45) is 11.8 Å². The number of unbranched alkanes of at least 4 members (excludes halogenated alkanes) is 2. The van der Waals surface area contributed by atoms with Gasteiger partial charge in [0.2, 0.25) is 0 Å². The lowest BCUT2D eigenvalue weighted by Gasteiger charge is -2.21. The van der Waals surface area contributed by atoms with E-state index in [1.54, 1.807) is 0 Å². The van der Waals surface area contributed by atoms with E-state index in [0.717, 1.165) is 5.92 Å². The fourth-order valence-corrected chi connectivity index (χ4v) is 1.80. The summed E-state index contributed by atoms with van der Waals surface area (Å²) >= 11 is 0. The lowest BCUT2D eigenvalue weighted by molar-refractivity contribution is 0.172. The van der Waals surface area contributed by atoms with Gasteiger partial charge in [-0.3, -0.25) is 0 Å². The molecule has 0 saturated carbocycles. The van der Waals surface area contributed by atoms with Crippen LogP contribution in [0.5, 0.6) is 0 Å². The van der Waals surface area contributed by atoms with Gasteiger partial charge >= 0.3 is 0 Å². The van der Waals surface area contributed by atoms with Gasteiger partial charge in [0.05, 0.1) is 0 Å². The summed E-state index contributed by atoms with van der Waals surface area (Å²) in [5.41, 5.74) is 0. The van der Waals surface area contributed by atoms with Gasteiger partial charge in [-0.05, 0) is 11.8 Å². The number of aliphatic hydroxyl groups excluding tert-OH is 1. The Labute approximate surface area is 83.5 Å². The van der Waals surface area contributed by atoms with Crippen LogP contribution in [0.1, 0.15) is 59.3 Å². The largest absolute Gasteiger partial charge is 0.396 e. The average Bonchev–Trinajstić information content (AvgIpc) is 2.17. The van der Waals surface area contributed by atoms with Crippen molar-refractivity contribution >= 4 is 0 Å². The first kappa shape index (κ1) is 13.0. The smallest absolute Gasteiger partial charge is 0.0459 e. The summed E-state index contributed by atoms with van der Waals surface area (Å²) in [6, 6.07) is 0. The highest BCUT2D eigenvalue weighted by atomic mass is 16.3. The second kappa shape index (κ2) is 8.55. The maximum Gasteiger partial charge on any atom is 0.0459 e. The molecule has 0 aromatic rings. The monoisotopic (exact) mass is 186 g/mol. The molecule has 80 valence electrons. The van der Waals surface area contributed by atoms with Gasteiger partial charge in [0.1, 0.15) is 0 Å². The van der Waals surface area contributed by atoms with Crippen LogP contribution in [0.15, 0.2) is 0 Å². The van der Waals surface area contributed by atoms with Crippen LogP contribution >= 0.6 is 0 Å². The molecule has 1 unspecified atom stereocenters. The molecular formula is C12H26O. The minimum Gasteiger partial charge on any atom is -0.396 e. The van der Waals surface area contributed by atoms with Crippen LogP contribution < -0.4 is 0 Å². The summed E-state index contributed by atoms with van der Waals surface area (Å²) in [4.78, 5) is 0. The highest BCUT2D eigenvalue weighted by molar-refractivity contribution is 4.65. The van der Waals surface area contributed by atoms with Gasteiger partial charge in [-0.2, -0.15) is 0 Å². The van der Waals surface area contributed by atoms with Gasteiger partial charge in [-0.15, -0.1) is 0 Å². The zero-order chi connectivity index (χ0) is 10.1. The molecule has 1 N–H and O–H groups in total. The Hall–Kier alpha value is -0.0400. The van der Waals surface area contributed by atoms with Gasteiger partial charge in [-0.1, -0.05) is 59.3 Å². The van der Waals surface area contributed by atoms with Crippen molar-refractivity contribution in [3.8, 4) is 0 Å².